The minimum Gasteiger partial charge on any atom is -0.476 e. The van der Waals surface area contributed by atoms with E-state index in [0.29, 0.717) is 12.8 Å². The smallest absolute Gasteiger partial charge is 0.333 e. The molecule has 0 aromatic heterocycles. The zero-order valence-electron chi connectivity index (χ0n) is 15.7. The van der Waals surface area contributed by atoms with Crippen molar-refractivity contribution in [2.24, 2.45) is 0 Å². The Bertz CT molecular complexity index is 952. The van der Waals surface area contributed by atoms with Gasteiger partial charge in [-0.2, -0.15) is 0 Å². The van der Waals surface area contributed by atoms with E-state index >= 15 is 0 Å². The van der Waals surface area contributed by atoms with Crippen LogP contribution >= 0.6 is 0 Å². The maximum Gasteiger partial charge on any atom is 0.333 e. The van der Waals surface area contributed by atoms with Gasteiger partial charge >= 0.3 is 6.03 Å². The molecule has 2 amide bonds. The first-order chi connectivity index (χ1) is 13.4. The van der Waals surface area contributed by atoms with Crippen LogP contribution in [0.3, 0.4) is 0 Å². The Morgan fingerprint density at radius 2 is 1.86 bits per heavy atom. The summed E-state index contributed by atoms with van der Waals surface area (Å²) in [4.78, 5) is 12.2. The van der Waals surface area contributed by atoms with Crippen molar-refractivity contribution in [2.45, 2.75) is 51.5 Å². The highest BCUT2D eigenvalue weighted by Crippen LogP contribution is 2.38. The number of ether oxygens (including phenoxy) is 1. The SMILES string of the molecule is CC1CO/C(=C(/C=N)S(=O)(=O)NC(=O)Nc2c3c(cc4c2CCC4)CCC3)N1. The number of sulfonamides is 1. The van der Waals surface area contributed by atoms with Crippen LogP contribution in [0.4, 0.5) is 10.5 Å². The number of carbonyl (C=O) groups is 1. The molecule has 2 aliphatic carbocycles. The van der Waals surface area contributed by atoms with Crippen LogP contribution in [0.1, 0.15) is 42.0 Å². The molecule has 3 aliphatic rings. The summed E-state index contributed by atoms with van der Waals surface area (Å²) in [6.45, 7) is 2.13. The van der Waals surface area contributed by atoms with E-state index in [1.807, 2.05) is 11.6 Å². The van der Waals surface area contributed by atoms with E-state index in [4.69, 9.17) is 10.1 Å². The Balaban J connectivity index is 1.58. The minimum absolute atomic E-state index is 0.00991. The van der Waals surface area contributed by atoms with Crippen molar-refractivity contribution < 1.29 is 17.9 Å². The molecule has 1 aliphatic heterocycles. The first-order valence-corrected chi connectivity index (χ1v) is 11.0. The van der Waals surface area contributed by atoms with Crippen LogP contribution in [0.25, 0.3) is 0 Å². The minimum atomic E-state index is -4.24. The molecule has 1 heterocycles. The number of hydrogen-bond acceptors (Lipinski definition) is 6. The number of carbonyl (C=O) groups excluding carboxylic acids is 1. The number of hydrogen-bond donors (Lipinski definition) is 4. The summed E-state index contributed by atoms with van der Waals surface area (Å²) in [5, 5.41) is 13.1. The topological polar surface area (TPSA) is 120 Å². The van der Waals surface area contributed by atoms with Gasteiger partial charge in [-0.3, -0.25) is 0 Å². The highest BCUT2D eigenvalue weighted by Gasteiger charge is 2.30. The average molecular weight is 404 g/mol. The highest BCUT2D eigenvalue weighted by atomic mass is 32.2. The zero-order chi connectivity index (χ0) is 19.9. The van der Waals surface area contributed by atoms with Crippen LogP contribution in [0, 0.1) is 5.41 Å². The van der Waals surface area contributed by atoms with Crippen LogP contribution < -0.4 is 15.4 Å². The molecule has 0 bridgehead atoms. The molecular formula is C19H24N4O4S. The Kier molecular flexibility index (Phi) is 4.78. The first kappa shape index (κ1) is 18.8. The van der Waals surface area contributed by atoms with Crippen molar-refractivity contribution in [2.75, 3.05) is 11.9 Å². The second-order valence-corrected chi connectivity index (χ2v) is 9.14. The van der Waals surface area contributed by atoms with Gasteiger partial charge in [0.25, 0.3) is 10.0 Å². The predicted molar refractivity (Wildman–Crippen MR) is 106 cm³/mol. The van der Waals surface area contributed by atoms with E-state index in [1.165, 1.54) is 11.1 Å². The second kappa shape index (κ2) is 7.12. The molecule has 1 aromatic rings. The van der Waals surface area contributed by atoms with Crippen molar-refractivity contribution in [1.29, 1.82) is 5.41 Å². The molecule has 4 rings (SSSR count). The van der Waals surface area contributed by atoms with E-state index in [0.717, 1.165) is 55.3 Å². The van der Waals surface area contributed by atoms with Crippen LogP contribution in [-0.4, -0.2) is 33.3 Å². The van der Waals surface area contributed by atoms with Gasteiger partial charge < -0.3 is 20.8 Å². The van der Waals surface area contributed by atoms with Gasteiger partial charge in [0.2, 0.25) is 5.88 Å². The maximum atomic E-state index is 12.6. The third-order valence-electron chi connectivity index (χ3n) is 5.44. The highest BCUT2D eigenvalue weighted by molar-refractivity contribution is 7.94. The molecule has 1 aromatic carbocycles. The Morgan fingerprint density at radius 1 is 1.21 bits per heavy atom. The van der Waals surface area contributed by atoms with Gasteiger partial charge in [0.05, 0.1) is 6.04 Å². The normalized spacial score (nSPS) is 22.0. The van der Waals surface area contributed by atoms with Crippen LogP contribution in [0.2, 0.25) is 0 Å². The number of amides is 2. The van der Waals surface area contributed by atoms with Crippen LogP contribution in [0.5, 0.6) is 0 Å². The Labute approximate surface area is 164 Å². The molecule has 28 heavy (non-hydrogen) atoms. The molecular weight excluding hydrogens is 380 g/mol. The van der Waals surface area contributed by atoms with Gasteiger partial charge in [-0.25, -0.2) is 17.9 Å². The number of nitrogens with one attached hydrogen (secondary N) is 4. The number of anilines is 1. The monoisotopic (exact) mass is 404 g/mol. The van der Waals surface area contributed by atoms with Gasteiger partial charge in [-0.05, 0) is 67.7 Å². The van der Waals surface area contributed by atoms with Crippen molar-refractivity contribution in [3.05, 3.63) is 39.1 Å². The molecule has 1 unspecified atom stereocenters. The lowest BCUT2D eigenvalue weighted by molar-refractivity contribution is 0.255. The summed E-state index contributed by atoms with van der Waals surface area (Å²) in [7, 11) is -4.24. The van der Waals surface area contributed by atoms with Gasteiger partial charge in [-0.15, -0.1) is 0 Å². The standard InChI is InChI=1S/C19H24N4O4S/c1-11-10-27-18(21-11)16(9-20)28(25,26)23-19(24)22-17-14-6-2-4-12(14)8-13-5-3-7-15(13)17/h8-9,11,20-21H,2-7,10H2,1H3,(H2,22,23,24)/b18-16-,20-9?. The van der Waals surface area contributed by atoms with Crippen molar-refractivity contribution in [1.82, 2.24) is 10.0 Å². The number of aryl methyl sites for hydroxylation is 2. The largest absolute Gasteiger partial charge is 0.476 e. The van der Waals surface area contributed by atoms with E-state index in [-0.39, 0.29) is 11.9 Å². The van der Waals surface area contributed by atoms with E-state index in [2.05, 4.69) is 16.7 Å². The van der Waals surface area contributed by atoms with Gasteiger partial charge in [0.1, 0.15) is 6.61 Å². The molecule has 4 N–H and O–H groups in total. The molecule has 1 fully saturated rings. The summed E-state index contributed by atoms with van der Waals surface area (Å²) < 4.78 is 32.6. The lowest BCUT2D eigenvalue weighted by Gasteiger charge is -2.17. The lowest BCUT2D eigenvalue weighted by Crippen LogP contribution is -2.37. The molecule has 0 spiro atoms. The quantitative estimate of drug-likeness (QED) is 0.572. The second-order valence-electron chi connectivity index (χ2n) is 7.49. The van der Waals surface area contributed by atoms with Crippen molar-refractivity contribution in [3.8, 4) is 0 Å². The van der Waals surface area contributed by atoms with E-state index < -0.39 is 21.0 Å². The lowest BCUT2D eigenvalue weighted by atomic mass is 9.99. The molecule has 0 saturated carbocycles. The van der Waals surface area contributed by atoms with E-state index in [1.54, 1.807) is 0 Å². The number of benzene rings is 1. The number of urea groups is 1. The number of allylic oxidation sites excluding steroid dienone is 1. The molecule has 0 radical (unpaired) electrons. The van der Waals surface area contributed by atoms with Gasteiger partial charge in [-0.1, -0.05) is 6.07 Å². The Morgan fingerprint density at radius 3 is 2.39 bits per heavy atom. The predicted octanol–water partition coefficient (Wildman–Crippen LogP) is 1.94. The fourth-order valence-corrected chi connectivity index (χ4v) is 5.13. The molecule has 9 heteroatoms. The number of rotatable bonds is 4. The van der Waals surface area contributed by atoms with E-state index in [9.17, 15) is 13.2 Å². The van der Waals surface area contributed by atoms with Crippen molar-refractivity contribution in [3.63, 3.8) is 0 Å². The number of fused-ring (bicyclic) bond motifs is 2. The van der Waals surface area contributed by atoms with Crippen LogP contribution in [0.15, 0.2) is 16.9 Å². The third kappa shape index (κ3) is 3.34. The summed E-state index contributed by atoms with van der Waals surface area (Å²) in [6, 6.07) is 1.36. The van der Waals surface area contributed by atoms with Crippen molar-refractivity contribution >= 4 is 28.0 Å². The third-order valence-corrected chi connectivity index (χ3v) is 6.77. The molecule has 150 valence electrons. The fourth-order valence-electron chi connectivity index (χ4n) is 4.21. The van der Waals surface area contributed by atoms with Crippen LogP contribution in [-0.2, 0) is 40.4 Å². The zero-order valence-corrected chi connectivity index (χ0v) is 16.5. The van der Waals surface area contributed by atoms with Gasteiger partial charge in [0, 0.05) is 11.9 Å². The fraction of sp³-hybridized carbons (Fsp3) is 0.474. The summed E-state index contributed by atoms with van der Waals surface area (Å²) in [5.41, 5.74) is 5.50. The molecule has 1 atom stereocenters. The maximum absolute atomic E-state index is 12.6. The summed E-state index contributed by atoms with van der Waals surface area (Å²) in [5.74, 6) is -0.00991. The summed E-state index contributed by atoms with van der Waals surface area (Å²) >= 11 is 0. The average Bonchev–Trinajstić information content (AvgIpc) is 3.35. The van der Waals surface area contributed by atoms with Gasteiger partial charge in [0.15, 0.2) is 4.91 Å². The summed E-state index contributed by atoms with van der Waals surface area (Å²) in [6.07, 6.45) is 6.50. The first-order valence-electron chi connectivity index (χ1n) is 9.53. The molecule has 8 nitrogen and oxygen atoms in total. The molecule has 1 saturated heterocycles. The Hall–Kier alpha value is -2.55.